The lowest BCUT2D eigenvalue weighted by Crippen LogP contribution is -2.15. The summed E-state index contributed by atoms with van der Waals surface area (Å²) in [5.41, 5.74) is 7.11. The van der Waals surface area contributed by atoms with E-state index in [0.717, 1.165) is 30.8 Å². The molecule has 2 rings (SSSR count). The van der Waals surface area contributed by atoms with Gasteiger partial charge in [0.25, 0.3) is 0 Å². The quantitative estimate of drug-likeness (QED) is 0.848. The summed E-state index contributed by atoms with van der Waals surface area (Å²) in [5, 5.41) is 0. The smallest absolute Gasteiger partial charge is 0.124 e. The van der Waals surface area contributed by atoms with Crippen molar-refractivity contribution in [3.63, 3.8) is 0 Å². The van der Waals surface area contributed by atoms with Crippen LogP contribution in [0.25, 0.3) is 0 Å². The molecule has 1 aromatic rings. The second-order valence-corrected chi connectivity index (χ2v) is 4.19. The zero-order valence-electron chi connectivity index (χ0n) is 9.69. The number of benzene rings is 1. The van der Waals surface area contributed by atoms with E-state index in [9.17, 15) is 0 Å². The third kappa shape index (κ3) is 2.74. The Hall–Kier alpha value is -1.06. The summed E-state index contributed by atoms with van der Waals surface area (Å²) in [5.74, 6) is 0.905. The molecule has 0 spiro atoms. The second-order valence-electron chi connectivity index (χ2n) is 4.19. The van der Waals surface area contributed by atoms with Crippen molar-refractivity contribution in [1.82, 2.24) is 0 Å². The minimum Gasteiger partial charge on any atom is -0.488 e. The molecular formula is C13H19NO2. The Kier molecular flexibility index (Phi) is 3.80. The van der Waals surface area contributed by atoms with Crippen molar-refractivity contribution in [2.45, 2.75) is 31.9 Å². The Morgan fingerprint density at radius 1 is 1.44 bits per heavy atom. The van der Waals surface area contributed by atoms with Crippen LogP contribution in [-0.4, -0.2) is 19.3 Å². The van der Waals surface area contributed by atoms with E-state index >= 15 is 0 Å². The first-order valence-corrected chi connectivity index (χ1v) is 5.89. The maximum Gasteiger partial charge on any atom is 0.124 e. The summed E-state index contributed by atoms with van der Waals surface area (Å²) in [6.07, 6.45) is 2.15. The molecule has 88 valence electrons. The van der Waals surface area contributed by atoms with Crippen LogP contribution in [0.15, 0.2) is 24.3 Å². The van der Waals surface area contributed by atoms with Crippen molar-refractivity contribution in [2.75, 3.05) is 13.2 Å². The van der Waals surface area contributed by atoms with Gasteiger partial charge < -0.3 is 15.2 Å². The van der Waals surface area contributed by atoms with Crippen LogP contribution < -0.4 is 10.5 Å². The molecule has 1 saturated heterocycles. The van der Waals surface area contributed by atoms with Gasteiger partial charge in [-0.25, -0.2) is 0 Å². The summed E-state index contributed by atoms with van der Waals surface area (Å²) in [6.45, 7) is 3.60. The molecule has 2 N–H and O–H groups in total. The monoisotopic (exact) mass is 221 g/mol. The van der Waals surface area contributed by atoms with Gasteiger partial charge in [0, 0.05) is 12.5 Å². The Bertz CT molecular complexity index is 317. The molecule has 0 bridgehead atoms. The Morgan fingerprint density at radius 3 is 2.75 bits per heavy atom. The highest BCUT2D eigenvalue weighted by Gasteiger charge is 2.17. The van der Waals surface area contributed by atoms with Gasteiger partial charge >= 0.3 is 0 Å². The highest BCUT2D eigenvalue weighted by Crippen LogP contribution is 2.20. The van der Waals surface area contributed by atoms with E-state index in [4.69, 9.17) is 15.2 Å². The molecule has 1 unspecified atom stereocenters. The van der Waals surface area contributed by atoms with E-state index < -0.39 is 0 Å². The van der Waals surface area contributed by atoms with Gasteiger partial charge in [-0.1, -0.05) is 19.1 Å². The molecule has 1 heterocycles. The predicted molar refractivity (Wildman–Crippen MR) is 63.5 cm³/mol. The van der Waals surface area contributed by atoms with Crippen molar-refractivity contribution in [2.24, 2.45) is 5.73 Å². The van der Waals surface area contributed by atoms with E-state index in [2.05, 4.69) is 6.92 Å². The van der Waals surface area contributed by atoms with Gasteiger partial charge in [-0.15, -0.1) is 0 Å². The minimum atomic E-state index is 0.129. The molecule has 0 aliphatic carbocycles. The molecular weight excluding hydrogens is 202 g/mol. The zero-order chi connectivity index (χ0) is 11.4. The van der Waals surface area contributed by atoms with Crippen molar-refractivity contribution in [1.29, 1.82) is 0 Å². The van der Waals surface area contributed by atoms with Crippen molar-refractivity contribution >= 4 is 0 Å². The summed E-state index contributed by atoms with van der Waals surface area (Å²) >= 11 is 0. The molecule has 0 radical (unpaired) electrons. The number of hydrogen-bond acceptors (Lipinski definition) is 3. The SMILES string of the molecule is CC[C@H](N)c1ccc(OC2CCOC2)cc1. The van der Waals surface area contributed by atoms with Crippen LogP contribution in [0, 0.1) is 0 Å². The molecule has 0 amide bonds. The molecule has 3 heteroatoms. The predicted octanol–water partition coefficient (Wildman–Crippen LogP) is 2.26. The number of ether oxygens (including phenoxy) is 2. The number of nitrogens with two attached hydrogens (primary N) is 1. The van der Waals surface area contributed by atoms with E-state index in [0.29, 0.717) is 6.61 Å². The molecule has 1 fully saturated rings. The molecule has 1 aliphatic rings. The van der Waals surface area contributed by atoms with Crippen LogP contribution in [0.3, 0.4) is 0 Å². The second kappa shape index (κ2) is 5.32. The van der Waals surface area contributed by atoms with E-state index in [-0.39, 0.29) is 12.1 Å². The molecule has 1 aromatic carbocycles. The van der Waals surface area contributed by atoms with Gasteiger partial charge in [-0.05, 0) is 24.1 Å². The van der Waals surface area contributed by atoms with Crippen LogP contribution in [0.1, 0.15) is 31.4 Å². The normalized spacial score (nSPS) is 22.0. The Labute approximate surface area is 96.5 Å². The summed E-state index contributed by atoms with van der Waals surface area (Å²) in [6, 6.07) is 8.19. The molecule has 0 saturated carbocycles. The fourth-order valence-electron chi connectivity index (χ4n) is 1.83. The van der Waals surface area contributed by atoms with Gasteiger partial charge in [0.15, 0.2) is 0 Å². The maximum atomic E-state index is 5.95. The van der Waals surface area contributed by atoms with Gasteiger partial charge in [0.05, 0.1) is 13.2 Å². The van der Waals surface area contributed by atoms with Gasteiger partial charge in [0.2, 0.25) is 0 Å². The highest BCUT2D eigenvalue weighted by atomic mass is 16.5. The van der Waals surface area contributed by atoms with Crippen molar-refractivity contribution in [3.05, 3.63) is 29.8 Å². The first-order valence-electron chi connectivity index (χ1n) is 5.89. The van der Waals surface area contributed by atoms with Crippen LogP contribution in [-0.2, 0) is 4.74 Å². The maximum absolute atomic E-state index is 5.95. The fraction of sp³-hybridized carbons (Fsp3) is 0.538. The number of hydrogen-bond donors (Lipinski definition) is 1. The molecule has 3 nitrogen and oxygen atoms in total. The van der Waals surface area contributed by atoms with E-state index in [1.54, 1.807) is 0 Å². The van der Waals surface area contributed by atoms with Crippen LogP contribution in [0.2, 0.25) is 0 Å². The molecule has 1 aliphatic heterocycles. The largest absolute Gasteiger partial charge is 0.488 e. The van der Waals surface area contributed by atoms with Gasteiger partial charge in [-0.3, -0.25) is 0 Å². The lowest BCUT2D eigenvalue weighted by Gasteiger charge is -2.13. The van der Waals surface area contributed by atoms with Gasteiger partial charge in [0.1, 0.15) is 11.9 Å². The van der Waals surface area contributed by atoms with Crippen LogP contribution >= 0.6 is 0 Å². The average molecular weight is 221 g/mol. The standard InChI is InChI=1S/C13H19NO2/c1-2-13(14)10-3-5-11(6-4-10)16-12-7-8-15-9-12/h3-6,12-13H,2,7-9,14H2,1H3/t12?,13-/m0/s1. The number of rotatable bonds is 4. The third-order valence-corrected chi connectivity index (χ3v) is 2.94. The summed E-state index contributed by atoms with van der Waals surface area (Å²) in [7, 11) is 0. The van der Waals surface area contributed by atoms with E-state index in [1.165, 1.54) is 0 Å². The third-order valence-electron chi connectivity index (χ3n) is 2.94. The van der Waals surface area contributed by atoms with Crippen molar-refractivity contribution in [3.8, 4) is 5.75 Å². The van der Waals surface area contributed by atoms with Crippen LogP contribution in [0.4, 0.5) is 0 Å². The topological polar surface area (TPSA) is 44.5 Å². The average Bonchev–Trinajstić information content (AvgIpc) is 2.82. The lowest BCUT2D eigenvalue weighted by molar-refractivity contribution is 0.141. The van der Waals surface area contributed by atoms with Crippen molar-refractivity contribution < 1.29 is 9.47 Å². The van der Waals surface area contributed by atoms with Crippen LogP contribution in [0.5, 0.6) is 5.75 Å². The molecule has 0 aromatic heterocycles. The lowest BCUT2D eigenvalue weighted by atomic mass is 10.1. The summed E-state index contributed by atoms with van der Waals surface area (Å²) in [4.78, 5) is 0. The Morgan fingerprint density at radius 2 is 2.19 bits per heavy atom. The highest BCUT2D eigenvalue weighted by molar-refractivity contribution is 5.29. The summed E-state index contributed by atoms with van der Waals surface area (Å²) < 4.78 is 11.0. The zero-order valence-corrected chi connectivity index (χ0v) is 9.69. The Balaban J connectivity index is 1.96. The van der Waals surface area contributed by atoms with E-state index in [1.807, 2.05) is 24.3 Å². The first kappa shape index (κ1) is 11.4. The molecule has 16 heavy (non-hydrogen) atoms. The van der Waals surface area contributed by atoms with Gasteiger partial charge in [-0.2, -0.15) is 0 Å². The fourth-order valence-corrected chi connectivity index (χ4v) is 1.83. The molecule has 2 atom stereocenters. The first-order chi connectivity index (χ1) is 7.79. The minimum absolute atomic E-state index is 0.129.